The molecule has 0 N–H and O–H groups in total. The van der Waals surface area contributed by atoms with Gasteiger partial charge >= 0.3 is 0 Å². The minimum absolute atomic E-state index is 0. The fraction of sp³-hybridized carbons (Fsp3) is 0.417. The number of aryl methyl sites for hydroxylation is 3. The van der Waals surface area contributed by atoms with Gasteiger partial charge in [0.2, 0.25) is 0 Å². The second-order valence-electron chi connectivity index (χ2n) is 8.05. The number of hydrogen-bond donors (Lipinski definition) is 0. The summed E-state index contributed by atoms with van der Waals surface area (Å²) >= 11 is 1.60. The number of thiazole rings is 1. The van der Waals surface area contributed by atoms with Crippen LogP contribution in [0.5, 0.6) is 0 Å². The van der Waals surface area contributed by atoms with Gasteiger partial charge in [0.25, 0.3) is 5.91 Å². The zero-order valence-electron chi connectivity index (χ0n) is 18.4. The molecular weight excluding hydrogens is 430 g/mol. The molecule has 0 unspecified atom stereocenters. The van der Waals surface area contributed by atoms with Gasteiger partial charge in [0.15, 0.2) is 5.13 Å². The van der Waals surface area contributed by atoms with Crippen LogP contribution in [0.15, 0.2) is 36.4 Å². The van der Waals surface area contributed by atoms with Crippen molar-refractivity contribution in [3.05, 3.63) is 58.7 Å². The summed E-state index contributed by atoms with van der Waals surface area (Å²) in [5.74, 6) is 0.0361. The van der Waals surface area contributed by atoms with E-state index in [1.165, 1.54) is 5.56 Å². The Morgan fingerprint density at radius 1 is 1.10 bits per heavy atom. The molecule has 2 aromatic carbocycles. The third-order valence-corrected chi connectivity index (χ3v) is 6.63. The first-order chi connectivity index (χ1) is 14.5. The van der Waals surface area contributed by atoms with Crippen molar-refractivity contribution in [1.82, 2.24) is 9.88 Å². The van der Waals surface area contributed by atoms with E-state index in [9.17, 15) is 4.79 Å². The van der Waals surface area contributed by atoms with Gasteiger partial charge < -0.3 is 4.74 Å². The molecule has 1 saturated heterocycles. The smallest absolute Gasteiger partial charge is 0.260 e. The van der Waals surface area contributed by atoms with Gasteiger partial charge in [-0.05, 0) is 56.5 Å². The highest BCUT2D eigenvalue weighted by molar-refractivity contribution is 7.22. The first-order valence-corrected chi connectivity index (χ1v) is 11.4. The van der Waals surface area contributed by atoms with Gasteiger partial charge in [-0.25, -0.2) is 4.98 Å². The molecule has 0 saturated carbocycles. The lowest BCUT2D eigenvalue weighted by atomic mass is 10.0. The zero-order valence-corrected chi connectivity index (χ0v) is 20.0. The third kappa shape index (κ3) is 5.63. The molecule has 0 aliphatic carbocycles. The Bertz CT molecular complexity index is 1050. The number of rotatable bonds is 6. The topological polar surface area (TPSA) is 45.7 Å². The molecule has 4 rings (SSSR count). The normalized spacial score (nSPS) is 14.4. The van der Waals surface area contributed by atoms with Crippen molar-refractivity contribution >= 4 is 45.0 Å². The number of aromatic nitrogens is 1. The molecule has 1 amide bonds. The molecule has 1 aliphatic heterocycles. The lowest BCUT2D eigenvalue weighted by Gasteiger charge is -2.28. The summed E-state index contributed by atoms with van der Waals surface area (Å²) in [6, 6.07) is 12.3. The van der Waals surface area contributed by atoms with Crippen LogP contribution >= 0.6 is 23.7 Å². The minimum atomic E-state index is 0. The highest BCUT2D eigenvalue weighted by atomic mass is 35.5. The fourth-order valence-electron chi connectivity index (χ4n) is 3.81. The van der Waals surface area contributed by atoms with E-state index in [2.05, 4.69) is 30.0 Å². The van der Waals surface area contributed by atoms with Gasteiger partial charge in [-0.1, -0.05) is 35.1 Å². The number of hydrogen-bond acceptors (Lipinski definition) is 5. The highest BCUT2D eigenvalue weighted by Crippen LogP contribution is 2.31. The van der Waals surface area contributed by atoms with Gasteiger partial charge in [-0.2, -0.15) is 0 Å². The minimum Gasteiger partial charge on any atom is -0.379 e. The SMILES string of the molecule is Cc1ccc(C)c(C(=O)N(CCCN2CCOCC2)c2nc3ccc(C)cc3s2)c1.Cl. The Morgan fingerprint density at radius 3 is 2.58 bits per heavy atom. The summed E-state index contributed by atoms with van der Waals surface area (Å²) in [6.45, 7) is 11.2. The van der Waals surface area contributed by atoms with Crippen LogP contribution in [0.25, 0.3) is 10.2 Å². The van der Waals surface area contributed by atoms with E-state index in [1.54, 1.807) is 11.3 Å². The van der Waals surface area contributed by atoms with E-state index >= 15 is 0 Å². The Kier molecular flexibility index (Phi) is 8.06. The Hall–Kier alpha value is -1.99. The number of nitrogens with zero attached hydrogens (tertiary/aromatic N) is 3. The first-order valence-electron chi connectivity index (χ1n) is 10.6. The van der Waals surface area contributed by atoms with Crippen LogP contribution in [0, 0.1) is 20.8 Å². The lowest BCUT2D eigenvalue weighted by Crippen LogP contribution is -2.39. The van der Waals surface area contributed by atoms with E-state index < -0.39 is 0 Å². The van der Waals surface area contributed by atoms with Crippen LogP contribution in [-0.4, -0.2) is 55.2 Å². The molecule has 166 valence electrons. The van der Waals surface area contributed by atoms with Crippen LogP contribution in [0.3, 0.4) is 0 Å². The zero-order chi connectivity index (χ0) is 21.1. The molecular formula is C24H30ClN3O2S. The number of fused-ring (bicyclic) bond motifs is 1. The molecule has 31 heavy (non-hydrogen) atoms. The molecule has 1 fully saturated rings. The molecule has 1 aromatic heterocycles. The molecule has 3 aromatic rings. The third-order valence-electron chi connectivity index (χ3n) is 5.59. The van der Waals surface area contributed by atoms with Crippen molar-refractivity contribution in [3.8, 4) is 0 Å². The van der Waals surface area contributed by atoms with Crippen LogP contribution in [0.4, 0.5) is 5.13 Å². The predicted octanol–water partition coefficient (Wildman–Crippen LogP) is 5.01. The molecule has 5 nitrogen and oxygen atoms in total. The maximum atomic E-state index is 13.6. The summed E-state index contributed by atoms with van der Waals surface area (Å²) < 4.78 is 6.57. The van der Waals surface area contributed by atoms with Crippen molar-refractivity contribution in [1.29, 1.82) is 0 Å². The predicted molar refractivity (Wildman–Crippen MR) is 131 cm³/mol. The quantitative estimate of drug-likeness (QED) is 0.519. The fourth-order valence-corrected chi connectivity index (χ4v) is 4.90. The molecule has 7 heteroatoms. The molecule has 0 bridgehead atoms. The standard InChI is InChI=1S/C24H29N3O2S.ClH/c1-17-5-7-19(3)20(15-17)23(28)27(10-4-9-26-11-13-29-14-12-26)24-25-21-8-6-18(2)16-22(21)30-24;/h5-8,15-16H,4,9-14H2,1-3H3;1H. The molecule has 0 spiro atoms. The second kappa shape index (κ2) is 10.6. The highest BCUT2D eigenvalue weighted by Gasteiger charge is 2.23. The van der Waals surface area contributed by atoms with Gasteiger partial charge in [0.1, 0.15) is 0 Å². The van der Waals surface area contributed by atoms with Crippen LogP contribution in [-0.2, 0) is 4.74 Å². The van der Waals surface area contributed by atoms with E-state index in [1.807, 2.05) is 36.9 Å². The number of carbonyl (C=O) groups excluding carboxylic acids is 1. The summed E-state index contributed by atoms with van der Waals surface area (Å²) in [5, 5.41) is 0.781. The van der Waals surface area contributed by atoms with Crippen LogP contribution < -0.4 is 4.90 Å². The number of carbonyl (C=O) groups is 1. The largest absolute Gasteiger partial charge is 0.379 e. The van der Waals surface area contributed by atoms with Gasteiger partial charge in [-0.3, -0.25) is 14.6 Å². The number of anilines is 1. The summed E-state index contributed by atoms with van der Waals surface area (Å²) in [7, 11) is 0. The van der Waals surface area contributed by atoms with E-state index in [4.69, 9.17) is 9.72 Å². The molecule has 1 aliphatic rings. The number of ether oxygens (including phenoxy) is 1. The van der Waals surface area contributed by atoms with Gasteiger partial charge in [0.05, 0.1) is 23.4 Å². The maximum Gasteiger partial charge on any atom is 0.260 e. The Labute approximate surface area is 194 Å². The van der Waals surface area contributed by atoms with Crippen molar-refractivity contribution in [2.45, 2.75) is 27.2 Å². The number of halogens is 1. The lowest BCUT2D eigenvalue weighted by molar-refractivity contribution is 0.0376. The second-order valence-corrected chi connectivity index (χ2v) is 9.06. The summed E-state index contributed by atoms with van der Waals surface area (Å²) in [5.41, 5.74) is 5.01. The average molecular weight is 460 g/mol. The van der Waals surface area contributed by atoms with Crippen molar-refractivity contribution in [2.24, 2.45) is 0 Å². The number of amides is 1. The van der Waals surface area contributed by atoms with Gasteiger partial charge in [-0.15, -0.1) is 12.4 Å². The molecule has 0 radical (unpaired) electrons. The van der Waals surface area contributed by atoms with E-state index in [0.717, 1.165) is 71.3 Å². The van der Waals surface area contributed by atoms with E-state index in [-0.39, 0.29) is 18.3 Å². The summed E-state index contributed by atoms with van der Waals surface area (Å²) in [4.78, 5) is 22.7. The Morgan fingerprint density at radius 2 is 1.81 bits per heavy atom. The first kappa shape index (κ1) is 23.7. The monoisotopic (exact) mass is 459 g/mol. The van der Waals surface area contributed by atoms with Crippen LogP contribution in [0.1, 0.15) is 33.5 Å². The Balaban J connectivity index is 0.00000272. The average Bonchev–Trinajstić information content (AvgIpc) is 3.16. The van der Waals surface area contributed by atoms with Crippen molar-refractivity contribution in [2.75, 3.05) is 44.3 Å². The van der Waals surface area contributed by atoms with E-state index in [0.29, 0.717) is 6.54 Å². The van der Waals surface area contributed by atoms with Crippen LogP contribution in [0.2, 0.25) is 0 Å². The molecule has 2 heterocycles. The van der Waals surface area contributed by atoms with Crippen molar-refractivity contribution < 1.29 is 9.53 Å². The summed E-state index contributed by atoms with van der Waals surface area (Å²) in [6.07, 6.45) is 0.908. The van der Waals surface area contributed by atoms with Crippen molar-refractivity contribution in [3.63, 3.8) is 0 Å². The maximum absolute atomic E-state index is 13.6. The number of benzene rings is 2. The molecule has 0 atom stereocenters. The number of morpholine rings is 1. The van der Waals surface area contributed by atoms with Gasteiger partial charge in [0, 0.05) is 31.7 Å².